The summed E-state index contributed by atoms with van der Waals surface area (Å²) in [5, 5.41) is 0.765. The fourth-order valence-electron chi connectivity index (χ4n) is 1.22. The van der Waals surface area contributed by atoms with Crippen molar-refractivity contribution in [2.45, 2.75) is 18.9 Å². The van der Waals surface area contributed by atoms with Crippen molar-refractivity contribution >= 4 is 11.6 Å². The molecule has 13 heavy (non-hydrogen) atoms. The van der Waals surface area contributed by atoms with E-state index in [-0.39, 0.29) is 6.04 Å². The van der Waals surface area contributed by atoms with Gasteiger partial charge in [0, 0.05) is 11.1 Å². The summed E-state index contributed by atoms with van der Waals surface area (Å²) in [6, 6.07) is 7.95. The van der Waals surface area contributed by atoms with E-state index < -0.39 is 0 Å². The molecule has 0 bridgehead atoms. The molecule has 0 aliphatic heterocycles. The SMILES string of the molecule is C=CCC(N)Cc1ccc(Cl)cc1. The molecule has 1 atom stereocenters. The molecule has 0 aliphatic rings. The molecule has 1 aromatic rings. The van der Waals surface area contributed by atoms with Crippen LogP contribution < -0.4 is 5.73 Å². The van der Waals surface area contributed by atoms with Gasteiger partial charge in [-0.3, -0.25) is 0 Å². The fraction of sp³-hybridized carbons (Fsp3) is 0.273. The number of benzene rings is 1. The molecule has 0 radical (unpaired) electrons. The van der Waals surface area contributed by atoms with Gasteiger partial charge in [0.15, 0.2) is 0 Å². The Balaban J connectivity index is 2.53. The summed E-state index contributed by atoms with van der Waals surface area (Å²) in [5.74, 6) is 0. The first-order valence-electron chi connectivity index (χ1n) is 4.33. The van der Waals surface area contributed by atoms with Crippen LogP contribution >= 0.6 is 11.6 Å². The summed E-state index contributed by atoms with van der Waals surface area (Å²) in [4.78, 5) is 0. The second kappa shape index (κ2) is 5.05. The Kier molecular flexibility index (Phi) is 4.00. The third-order valence-corrected chi connectivity index (χ3v) is 2.13. The van der Waals surface area contributed by atoms with Crippen molar-refractivity contribution in [2.75, 3.05) is 0 Å². The quantitative estimate of drug-likeness (QED) is 0.735. The van der Waals surface area contributed by atoms with E-state index in [1.807, 2.05) is 30.3 Å². The third-order valence-electron chi connectivity index (χ3n) is 1.88. The Bertz CT molecular complexity index is 266. The van der Waals surface area contributed by atoms with Gasteiger partial charge in [0.1, 0.15) is 0 Å². The average molecular weight is 196 g/mol. The maximum Gasteiger partial charge on any atom is 0.0406 e. The molecule has 0 fully saturated rings. The molecule has 1 unspecified atom stereocenters. The van der Waals surface area contributed by atoms with Gasteiger partial charge in [0.2, 0.25) is 0 Å². The Morgan fingerprint density at radius 1 is 1.38 bits per heavy atom. The topological polar surface area (TPSA) is 26.0 Å². The maximum absolute atomic E-state index is 5.85. The molecule has 0 saturated carbocycles. The minimum Gasteiger partial charge on any atom is -0.327 e. The van der Waals surface area contributed by atoms with E-state index in [2.05, 4.69) is 6.58 Å². The highest BCUT2D eigenvalue weighted by Crippen LogP contribution is 2.11. The van der Waals surface area contributed by atoms with Gasteiger partial charge in [-0.1, -0.05) is 29.8 Å². The first-order chi connectivity index (χ1) is 6.22. The maximum atomic E-state index is 5.85. The van der Waals surface area contributed by atoms with Crippen molar-refractivity contribution in [2.24, 2.45) is 5.73 Å². The number of rotatable bonds is 4. The molecule has 0 heterocycles. The monoisotopic (exact) mass is 195 g/mol. The highest BCUT2D eigenvalue weighted by Gasteiger charge is 2.01. The molecule has 0 amide bonds. The molecule has 1 aromatic carbocycles. The first-order valence-corrected chi connectivity index (χ1v) is 4.71. The van der Waals surface area contributed by atoms with Crippen LogP contribution in [0, 0.1) is 0 Å². The van der Waals surface area contributed by atoms with Crippen molar-refractivity contribution in [3.8, 4) is 0 Å². The zero-order valence-corrected chi connectivity index (χ0v) is 8.30. The lowest BCUT2D eigenvalue weighted by molar-refractivity contribution is 0.680. The van der Waals surface area contributed by atoms with Crippen LogP contribution in [0.25, 0.3) is 0 Å². The molecule has 0 aromatic heterocycles. The Hall–Kier alpha value is -0.790. The van der Waals surface area contributed by atoms with E-state index >= 15 is 0 Å². The standard InChI is InChI=1S/C11H14ClN/c1-2-3-11(13)8-9-4-6-10(12)7-5-9/h2,4-7,11H,1,3,8,13H2. The van der Waals surface area contributed by atoms with Gasteiger partial charge in [0.25, 0.3) is 0 Å². The van der Waals surface area contributed by atoms with Crippen molar-refractivity contribution in [1.82, 2.24) is 0 Å². The van der Waals surface area contributed by atoms with Crippen molar-refractivity contribution in [3.05, 3.63) is 47.5 Å². The normalized spacial score (nSPS) is 12.5. The molecule has 70 valence electrons. The molecule has 0 aliphatic carbocycles. The predicted molar refractivity (Wildman–Crippen MR) is 57.9 cm³/mol. The summed E-state index contributed by atoms with van der Waals surface area (Å²) < 4.78 is 0. The second-order valence-corrected chi connectivity index (χ2v) is 3.55. The summed E-state index contributed by atoms with van der Waals surface area (Å²) in [5.41, 5.74) is 7.07. The van der Waals surface area contributed by atoms with Crippen molar-refractivity contribution in [3.63, 3.8) is 0 Å². The third kappa shape index (κ3) is 3.62. The Morgan fingerprint density at radius 2 is 2.00 bits per heavy atom. The van der Waals surface area contributed by atoms with Gasteiger partial charge in [-0.15, -0.1) is 6.58 Å². The molecular weight excluding hydrogens is 182 g/mol. The molecule has 1 rings (SSSR count). The summed E-state index contributed by atoms with van der Waals surface area (Å²) in [6.07, 6.45) is 3.58. The lowest BCUT2D eigenvalue weighted by atomic mass is 10.0. The Morgan fingerprint density at radius 3 is 2.54 bits per heavy atom. The number of hydrogen-bond acceptors (Lipinski definition) is 1. The molecule has 2 heteroatoms. The smallest absolute Gasteiger partial charge is 0.0406 e. The number of hydrogen-bond donors (Lipinski definition) is 1. The molecule has 0 saturated heterocycles. The lowest BCUT2D eigenvalue weighted by Crippen LogP contribution is -2.21. The van der Waals surface area contributed by atoms with E-state index in [0.29, 0.717) is 0 Å². The average Bonchev–Trinajstić information content (AvgIpc) is 2.09. The highest BCUT2D eigenvalue weighted by atomic mass is 35.5. The van der Waals surface area contributed by atoms with Gasteiger partial charge in [-0.25, -0.2) is 0 Å². The van der Waals surface area contributed by atoms with E-state index in [4.69, 9.17) is 17.3 Å². The largest absolute Gasteiger partial charge is 0.327 e. The van der Waals surface area contributed by atoms with Crippen LogP contribution in [-0.2, 0) is 6.42 Å². The summed E-state index contributed by atoms with van der Waals surface area (Å²) >= 11 is 5.76. The fourth-order valence-corrected chi connectivity index (χ4v) is 1.35. The highest BCUT2D eigenvalue weighted by molar-refractivity contribution is 6.30. The van der Waals surface area contributed by atoms with Crippen LogP contribution in [0.3, 0.4) is 0 Å². The van der Waals surface area contributed by atoms with Gasteiger partial charge < -0.3 is 5.73 Å². The van der Waals surface area contributed by atoms with Crippen LogP contribution in [0.5, 0.6) is 0 Å². The van der Waals surface area contributed by atoms with Crippen LogP contribution in [0.4, 0.5) is 0 Å². The van der Waals surface area contributed by atoms with Crippen LogP contribution in [0.15, 0.2) is 36.9 Å². The zero-order chi connectivity index (χ0) is 9.68. The lowest BCUT2D eigenvalue weighted by Gasteiger charge is -2.08. The van der Waals surface area contributed by atoms with Gasteiger partial charge in [-0.2, -0.15) is 0 Å². The van der Waals surface area contributed by atoms with Crippen LogP contribution in [0.1, 0.15) is 12.0 Å². The van der Waals surface area contributed by atoms with Crippen molar-refractivity contribution < 1.29 is 0 Å². The van der Waals surface area contributed by atoms with Crippen LogP contribution in [-0.4, -0.2) is 6.04 Å². The molecular formula is C11H14ClN. The summed E-state index contributed by atoms with van der Waals surface area (Å²) in [6.45, 7) is 3.66. The first kappa shape index (κ1) is 10.3. The van der Waals surface area contributed by atoms with E-state index in [9.17, 15) is 0 Å². The number of nitrogens with two attached hydrogens (primary N) is 1. The zero-order valence-electron chi connectivity index (χ0n) is 7.54. The predicted octanol–water partition coefficient (Wildman–Crippen LogP) is 2.79. The minimum absolute atomic E-state index is 0.165. The van der Waals surface area contributed by atoms with E-state index in [0.717, 1.165) is 17.9 Å². The number of halogens is 1. The second-order valence-electron chi connectivity index (χ2n) is 3.12. The van der Waals surface area contributed by atoms with E-state index in [1.54, 1.807) is 0 Å². The molecule has 1 nitrogen and oxygen atoms in total. The minimum atomic E-state index is 0.165. The van der Waals surface area contributed by atoms with Gasteiger partial charge in [-0.05, 0) is 30.5 Å². The van der Waals surface area contributed by atoms with E-state index in [1.165, 1.54) is 5.56 Å². The van der Waals surface area contributed by atoms with Gasteiger partial charge in [0.05, 0.1) is 0 Å². The molecule has 0 spiro atoms. The van der Waals surface area contributed by atoms with Crippen LogP contribution in [0.2, 0.25) is 5.02 Å². The van der Waals surface area contributed by atoms with Crippen molar-refractivity contribution in [1.29, 1.82) is 0 Å². The Labute approximate surface area is 84.2 Å². The van der Waals surface area contributed by atoms with Gasteiger partial charge >= 0.3 is 0 Å². The summed E-state index contributed by atoms with van der Waals surface area (Å²) in [7, 11) is 0. The molecule has 2 N–H and O–H groups in total.